The summed E-state index contributed by atoms with van der Waals surface area (Å²) in [4.78, 5) is 20.1. The molecule has 0 atom stereocenters. The van der Waals surface area contributed by atoms with Gasteiger partial charge in [0.1, 0.15) is 0 Å². The SMILES string of the molecule is O=C(O)c1cc(I)c(O)c([N+](=O)[O-])c1. The number of halogens is 1. The first-order valence-electron chi connectivity index (χ1n) is 3.33. The Morgan fingerprint density at radius 1 is 1.50 bits per heavy atom. The number of nitro benzene ring substituents is 1. The lowest BCUT2D eigenvalue weighted by Gasteiger charge is -2.00. The molecule has 0 aliphatic heterocycles. The molecule has 0 fully saturated rings. The van der Waals surface area contributed by atoms with Gasteiger partial charge in [-0.3, -0.25) is 10.1 Å². The summed E-state index contributed by atoms with van der Waals surface area (Å²) in [5.41, 5.74) is -0.826. The first kappa shape index (κ1) is 10.7. The van der Waals surface area contributed by atoms with E-state index in [1.807, 2.05) is 0 Å². The third-order valence-corrected chi connectivity index (χ3v) is 2.31. The number of carboxylic acids is 1. The van der Waals surface area contributed by atoms with Gasteiger partial charge in [-0.2, -0.15) is 0 Å². The largest absolute Gasteiger partial charge is 0.501 e. The molecule has 0 amide bonds. The maximum atomic E-state index is 10.5. The van der Waals surface area contributed by atoms with Crippen LogP contribution in [0.3, 0.4) is 0 Å². The van der Waals surface area contributed by atoms with E-state index in [9.17, 15) is 20.0 Å². The van der Waals surface area contributed by atoms with E-state index in [0.717, 1.165) is 12.1 Å². The fraction of sp³-hybridized carbons (Fsp3) is 0. The van der Waals surface area contributed by atoms with Gasteiger partial charge in [-0.1, -0.05) is 0 Å². The Morgan fingerprint density at radius 3 is 2.50 bits per heavy atom. The van der Waals surface area contributed by atoms with Crippen LogP contribution >= 0.6 is 22.6 Å². The number of rotatable bonds is 2. The Labute approximate surface area is 91.5 Å². The quantitative estimate of drug-likeness (QED) is 0.491. The highest BCUT2D eigenvalue weighted by molar-refractivity contribution is 14.1. The normalized spacial score (nSPS) is 9.79. The van der Waals surface area contributed by atoms with E-state index in [2.05, 4.69) is 0 Å². The van der Waals surface area contributed by atoms with Gasteiger partial charge in [0, 0.05) is 6.07 Å². The molecule has 0 saturated heterocycles. The molecule has 74 valence electrons. The molecule has 1 aromatic carbocycles. The van der Waals surface area contributed by atoms with Crippen molar-refractivity contribution < 1.29 is 19.9 Å². The van der Waals surface area contributed by atoms with Crippen molar-refractivity contribution >= 4 is 34.2 Å². The minimum Gasteiger partial charge on any atom is -0.501 e. The molecule has 6 nitrogen and oxygen atoms in total. The second kappa shape index (κ2) is 3.78. The summed E-state index contributed by atoms with van der Waals surface area (Å²) in [5.74, 6) is -1.79. The van der Waals surface area contributed by atoms with Crippen LogP contribution in [-0.2, 0) is 0 Å². The van der Waals surface area contributed by atoms with Crippen LogP contribution < -0.4 is 0 Å². The number of benzene rings is 1. The standard InChI is InChI=1S/C7H4INO5/c8-4-1-3(7(11)12)2-5(6(4)10)9(13)14/h1-2,10H,(H,11,12). The third-order valence-electron chi connectivity index (χ3n) is 1.49. The van der Waals surface area contributed by atoms with E-state index in [1.165, 1.54) is 0 Å². The Morgan fingerprint density at radius 2 is 2.07 bits per heavy atom. The van der Waals surface area contributed by atoms with Crippen LogP contribution in [0.2, 0.25) is 0 Å². The highest BCUT2D eigenvalue weighted by Crippen LogP contribution is 2.32. The molecule has 2 N–H and O–H groups in total. The van der Waals surface area contributed by atoms with Crippen LogP contribution in [0.1, 0.15) is 10.4 Å². The second-order valence-electron chi connectivity index (χ2n) is 2.39. The lowest BCUT2D eigenvalue weighted by Crippen LogP contribution is -1.99. The summed E-state index contributed by atoms with van der Waals surface area (Å²) in [7, 11) is 0. The predicted octanol–water partition coefficient (Wildman–Crippen LogP) is 1.60. The van der Waals surface area contributed by atoms with E-state index in [4.69, 9.17) is 5.11 Å². The first-order chi connectivity index (χ1) is 6.43. The third kappa shape index (κ3) is 1.92. The van der Waals surface area contributed by atoms with Crippen LogP contribution in [0.25, 0.3) is 0 Å². The summed E-state index contributed by atoms with van der Waals surface area (Å²) >= 11 is 1.62. The molecule has 0 aliphatic rings. The summed E-state index contributed by atoms with van der Waals surface area (Å²) in [5, 5.41) is 28.2. The van der Waals surface area contributed by atoms with Gasteiger partial charge in [-0.25, -0.2) is 4.79 Å². The molecule has 1 aromatic rings. The zero-order chi connectivity index (χ0) is 10.9. The molecule has 0 radical (unpaired) electrons. The van der Waals surface area contributed by atoms with Gasteiger partial charge < -0.3 is 10.2 Å². The molecule has 7 heteroatoms. The van der Waals surface area contributed by atoms with Crippen molar-refractivity contribution in [2.75, 3.05) is 0 Å². The Hall–Kier alpha value is -1.38. The average Bonchev–Trinajstić information content (AvgIpc) is 2.08. The van der Waals surface area contributed by atoms with Crippen molar-refractivity contribution in [3.8, 4) is 5.75 Å². The van der Waals surface area contributed by atoms with E-state index in [-0.39, 0.29) is 9.13 Å². The fourth-order valence-electron chi connectivity index (χ4n) is 0.847. The van der Waals surface area contributed by atoms with Crippen molar-refractivity contribution in [1.29, 1.82) is 0 Å². The van der Waals surface area contributed by atoms with E-state index < -0.39 is 22.3 Å². The lowest BCUT2D eigenvalue weighted by atomic mass is 10.2. The van der Waals surface area contributed by atoms with Crippen LogP contribution in [0.5, 0.6) is 5.75 Å². The molecule has 0 saturated carbocycles. The van der Waals surface area contributed by atoms with Gasteiger partial charge in [0.05, 0.1) is 14.1 Å². The molecule has 0 unspecified atom stereocenters. The Balaban J connectivity index is 3.43. The Bertz CT molecular complexity index is 417. The van der Waals surface area contributed by atoms with Crippen LogP contribution in [-0.4, -0.2) is 21.1 Å². The molecule has 0 aliphatic carbocycles. The second-order valence-corrected chi connectivity index (χ2v) is 3.55. The number of nitrogens with zero attached hydrogens (tertiary/aromatic N) is 1. The number of aromatic hydroxyl groups is 1. The molecule has 0 aromatic heterocycles. The number of hydrogen-bond acceptors (Lipinski definition) is 4. The van der Waals surface area contributed by atoms with Crippen LogP contribution in [0.15, 0.2) is 12.1 Å². The molecule has 0 spiro atoms. The zero-order valence-corrected chi connectivity index (χ0v) is 8.76. The number of phenolic OH excluding ortho intramolecular Hbond substituents is 1. The number of phenols is 1. The minimum absolute atomic E-state index is 0.134. The molecule has 0 bridgehead atoms. The first-order valence-corrected chi connectivity index (χ1v) is 4.41. The maximum absolute atomic E-state index is 10.5. The number of nitro groups is 1. The van der Waals surface area contributed by atoms with Gasteiger partial charge >= 0.3 is 11.7 Å². The van der Waals surface area contributed by atoms with E-state index >= 15 is 0 Å². The number of hydrogen-bond donors (Lipinski definition) is 2. The van der Waals surface area contributed by atoms with Gasteiger partial charge in [0.25, 0.3) is 0 Å². The summed E-state index contributed by atoms with van der Waals surface area (Å²) in [6.45, 7) is 0. The summed E-state index contributed by atoms with van der Waals surface area (Å²) < 4.78 is 0.134. The maximum Gasteiger partial charge on any atom is 0.335 e. The fourth-order valence-corrected chi connectivity index (χ4v) is 1.46. The van der Waals surface area contributed by atoms with Gasteiger partial charge in [-0.15, -0.1) is 0 Å². The molecule has 1 rings (SSSR count). The van der Waals surface area contributed by atoms with Crippen molar-refractivity contribution in [1.82, 2.24) is 0 Å². The van der Waals surface area contributed by atoms with Gasteiger partial charge in [0.2, 0.25) is 5.75 Å². The van der Waals surface area contributed by atoms with Gasteiger partial charge in [0.15, 0.2) is 0 Å². The van der Waals surface area contributed by atoms with Gasteiger partial charge in [-0.05, 0) is 28.7 Å². The zero-order valence-electron chi connectivity index (χ0n) is 6.60. The summed E-state index contributed by atoms with van der Waals surface area (Å²) in [6, 6.07) is 1.98. The van der Waals surface area contributed by atoms with Crippen molar-refractivity contribution in [3.05, 3.63) is 31.4 Å². The lowest BCUT2D eigenvalue weighted by molar-refractivity contribution is -0.386. The highest BCUT2D eigenvalue weighted by Gasteiger charge is 2.19. The molecule has 0 heterocycles. The number of aromatic carboxylic acids is 1. The molecule has 14 heavy (non-hydrogen) atoms. The van der Waals surface area contributed by atoms with E-state index in [1.54, 1.807) is 22.6 Å². The van der Waals surface area contributed by atoms with Crippen molar-refractivity contribution in [2.45, 2.75) is 0 Å². The molecular weight excluding hydrogens is 305 g/mol. The predicted molar refractivity (Wildman–Crippen MR) is 54.4 cm³/mol. The number of carboxylic acid groups (broad SMARTS) is 1. The molecular formula is C7H4INO5. The smallest absolute Gasteiger partial charge is 0.335 e. The average molecular weight is 309 g/mol. The van der Waals surface area contributed by atoms with Crippen molar-refractivity contribution in [3.63, 3.8) is 0 Å². The van der Waals surface area contributed by atoms with Crippen molar-refractivity contribution in [2.24, 2.45) is 0 Å². The van der Waals surface area contributed by atoms with Crippen LogP contribution in [0, 0.1) is 13.7 Å². The van der Waals surface area contributed by atoms with Crippen LogP contribution in [0.4, 0.5) is 5.69 Å². The monoisotopic (exact) mass is 309 g/mol. The highest BCUT2D eigenvalue weighted by atomic mass is 127. The summed E-state index contributed by atoms with van der Waals surface area (Å²) in [6.07, 6.45) is 0. The Kier molecular flexibility index (Phi) is 2.89. The topological polar surface area (TPSA) is 101 Å². The van der Waals surface area contributed by atoms with E-state index in [0.29, 0.717) is 0 Å². The minimum atomic E-state index is -1.27. The number of carbonyl (C=O) groups is 1.